The summed E-state index contributed by atoms with van der Waals surface area (Å²) in [6.07, 6.45) is 2.51. The molecule has 2 atom stereocenters. The van der Waals surface area contributed by atoms with E-state index in [9.17, 15) is 0 Å². The topological polar surface area (TPSA) is 0 Å². The van der Waals surface area contributed by atoms with Crippen LogP contribution in [-0.2, 0) is 35.5 Å². The first kappa shape index (κ1) is 37.3. The van der Waals surface area contributed by atoms with E-state index in [0.29, 0.717) is 15.5 Å². The molecule has 0 spiro atoms. The van der Waals surface area contributed by atoms with Crippen LogP contribution in [0.25, 0.3) is 33.9 Å². The summed E-state index contributed by atoms with van der Waals surface area (Å²) in [5.41, 5.74) is 19.6. The molecule has 0 aromatic heterocycles. The molecule has 0 nitrogen and oxygen atoms in total. The molecule has 0 amide bonds. The quantitative estimate of drug-likeness (QED) is 0.258. The summed E-state index contributed by atoms with van der Waals surface area (Å²) in [5, 5.41) is 3.39. The Hall–Kier alpha value is -1.96. The van der Waals surface area contributed by atoms with Gasteiger partial charge in [-0.05, 0) is 0 Å². The third-order valence-corrected chi connectivity index (χ3v) is 15.9. The van der Waals surface area contributed by atoms with Gasteiger partial charge in [-0.2, -0.15) is 0 Å². The second-order valence-electron chi connectivity index (χ2n) is 17.0. The molecular weight excluding hydrogens is 719 g/mol. The normalized spacial score (nSPS) is 18.9. The molecule has 4 aromatic rings. The largest absolute Gasteiger partial charge is 1.00 e. The van der Waals surface area contributed by atoms with Crippen molar-refractivity contribution in [1.82, 2.24) is 0 Å². The number of rotatable bonds is 4. The fourth-order valence-electron chi connectivity index (χ4n) is 8.40. The number of allylic oxidation sites excluding steroid dienone is 3. The molecule has 48 heavy (non-hydrogen) atoms. The van der Waals surface area contributed by atoms with Crippen LogP contribution in [0.15, 0.2) is 83.9 Å². The van der Waals surface area contributed by atoms with Crippen LogP contribution in [0.1, 0.15) is 105 Å². The van der Waals surface area contributed by atoms with Crippen molar-refractivity contribution in [1.29, 1.82) is 0 Å². The van der Waals surface area contributed by atoms with Crippen LogP contribution in [0.2, 0.25) is 13.1 Å². The van der Waals surface area contributed by atoms with E-state index in [1.807, 2.05) is 0 Å². The summed E-state index contributed by atoms with van der Waals surface area (Å²) in [5.74, 6) is 0.795. The summed E-state index contributed by atoms with van der Waals surface area (Å²) >= 11 is 1.61. The molecule has 2 aliphatic carbocycles. The van der Waals surface area contributed by atoms with Crippen molar-refractivity contribution in [3.05, 3.63) is 117 Å². The maximum Gasteiger partial charge on any atom is -1.00 e. The third-order valence-electron chi connectivity index (χ3n) is 11.1. The predicted molar refractivity (Wildman–Crippen MR) is 199 cm³/mol. The van der Waals surface area contributed by atoms with Gasteiger partial charge in [0.05, 0.1) is 0 Å². The monoisotopic (exact) mass is 765 g/mol. The van der Waals surface area contributed by atoms with Crippen molar-refractivity contribution in [3.63, 3.8) is 0 Å². The smallest absolute Gasteiger partial charge is 1.00 e. The van der Waals surface area contributed by atoms with Gasteiger partial charge in [-0.1, -0.05) is 20.8 Å². The second kappa shape index (κ2) is 12.7. The molecule has 2 unspecified atom stereocenters. The second-order valence-corrected chi connectivity index (χ2v) is 22.7. The zero-order valence-electron chi connectivity index (χ0n) is 30.5. The van der Waals surface area contributed by atoms with Crippen molar-refractivity contribution < 1.29 is 49.5 Å². The predicted octanol–water partition coefficient (Wildman–Crippen LogP) is 4.97. The molecular formula is C44H49Cl2SiZr. The first-order chi connectivity index (χ1) is 21.5. The van der Waals surface area contributed by atoms with E-state index in [1.54, 1.807) is 62.9 Å². The molecule has 0 saturated heterocycles. The minimum Gasteiger partial charge on any atom is -1.00 e. The Morgan fingerprint density at radius 2 is 1.25 bits per heavy atom. The van der Waals surface area contributed by atoms with E-state index in [1.165, 1.54) is 44.5 Å². The van der Waals surface area contributed by atoms with Gasteiger partial charge in [0.25, 0.3) is 0 Å². The summed E-state index contributed by atoms with van der Waals surface area (Å²) in [6.45, 7) is 26.2. The van der Waals surface area contributed by atoms with Crippen LogP contribution < -0.4 is 35.2 Å². The van der Waals surface area contributed by atoms with E-state index < -0.39 is 8.07 Å². The van der Waals surface area contributed by atoms with Gasteiger partial charge in [0.1, 0.15) is 0 Å². The van der Waals surface area contributed by atoms with E-state index in [4.69, 9.17) is 0 Å². The number of hydrogen-bond acceptors (Lipinski definition) is 0. The van der Waals surface area contributed by atoms with E-state index >= 15 is 0 Å². The fourth-order valence-corrected chi connectivity index (χ4v) is 13.5. The summed E-state index contributed by atoms with van der Waals surface area (Å²) in [4.78, 5) is 0. The van der Waals surface area contributed by atoms with Gasteiger partial charge < -0.3 is 24.8 Å². The average molecular weight is 768 g/mol. The van der Waals surface area contributed by atoms with Crippen LogP contribution in [0.3, 0.4) is 0 Å². The van der Waals surface area contributed by atoms with E-state index in [2.05, 4.69) is 154 Å². The van der Waals surface area contributed by atoms with Crippen molar-refractivity contribution in [2.45, 2.75) is 95.8 Å². The Balaban J connectivity index is 0.00000225. The van der Waals surface area contributed by atoms with Crippen molar-refractivity contribution in [2.75, 3.05) is 0 Å². The van der Waals surface area contributed by atoms with Gasteiger partial charge in [0.15, 0.2) is 0 Å². The first-order valence-corrected chi connectivity index (χ1v) is 21.6. The van der Waals surface area contributed by atoms with Gasteiger partial charge >= 0.3 is 275 Å². The Bertz CT molecular complexity index is 1960. The molecule has 1 heterocycles. The average Bonchev–Trinajstić information content (AvgIpc) is 3.22. The standard InChI is InChI=1S/C44H49Si.2ClH.Zr/c1-26(2)35-24-30-25-37-42(45(37,10)11)40(29-17-21-32(22-18-29)44(7,8)9)39(30)41(35)38-27(3)23-36-33(13-12-14-34(36)38)28-15-19-31(20-16-28)43(4,5)6;;;/h12-26,38H,1-11H3;2*1H;/q;;;+2/p-2. The third kappa shape index (κ3) is 5.86. The van der Waals surface area contributed by atoms with E-state index in [0.717, 1.165) is 0 Å². The molecule has 4 aromatic carbocycles. The maximum absolute atomic E-state index is 2.67. The summed E-state index contributed by atoms with van der Waals surface area (Å²) < 4.78 is 0.519. The SMILES string of the molecule is CC1=Cc2c(-c3ccc(C(C)(C)C)cc3)cccc2C1C1=C(C(C)C)[CH]([Zr+2])c2cc3c(c(-c4ccc(C(C)(C)C)cc4)c21)[Si]3(C)C.[Cl-].[Cl-]. The molecule has 3 aliphatic rings. The Labute approximate surface area is 318 Å². The molecule has 1 aliphatic heterocycles. The van der Waals surface area contributed by atoms with Crippen LogP contribution in [0.5, 0.6) is 0 Å². The zero-order chi connectivity index (χ0) is 33.1. The molecule has 0 bridgehead atoms. The number of fused-ring (bicyclic) bond motifs is 3. The van der Waals surface area contributed by atoms with Crippen LogP contribution in [-0.4, -0.2) is 8.07 Å². The number of benzene rings is 4. The first-order valence-electron chi connectivity index (χ1n) is 17.2. The minimum atomic E-state index is -1.56. The molecule has 0 fully saturated rings. The van der Waals surface area contributed by atoms with Gasteiger partial charge in [-0.3, -0.25) is 0 Å². The van der Waals surface area contributed by atoms with Crippen LogP contribution in [0, 0.1) is 5.92 Å². The Morgan fingerprint density at radius 3 is 1.77 bits per heavy atom. The van der Waals surface area contributed by atoms with Crippen molar-refractivity contribution in [2.24, 2.45) is 5.92 Å². The minimum absolute atomic E-state index is 0. The molecule has 0 radical (unpaired) electrons. The number of halogens is 2. The van der Waals surface area contributed by atoms with Gasteiger partial charge in [0.2, 0.25) is 0 Å². The van der Waals surface area contributed by atoms with Gasteiger partial charge in [-0.15, -0.1) is 0 Å². The van der Waals surface area contributed by atoms with Crippen molar-refractivity contribution >= 4 is 30.1 Å². The molecule has 7 rings (SSSR count). The molecule has 0 saturated carbocycles. The Kier molecular flexibility index (Phi) is 9.84. The zero-order valence-corrected chi connectivity index (χ0v) is 35.5. The van der Waals surface area contributed by atoms with Crippen LogP contribution >= 0.6 is 0 Å². The maximum atomic E-state index is 2.67. The molecule has 247 valence electrons. The molecule has 4 heteroatoms. The van der Waals surface area contributed by atoms with Crippen molar-refractivity contribution in [3.8, 4) is 22.3 Å². The number of hydrogen-bond donors (Lipinski definition) is 0. The van der Waals surface area contributed by atoms with E-state index in [-0.39, 0.29) is 35.6 Å². The summed E-state index contributed by atoms with van der Waals surface area (Å²) in [6, 6.07) is 28.7. The van der Waals surface area contributed by atoms with Crippen LogP contribution in [0.4, 0.5) is 0 Å². The van der Waals surface area contributed by atoms with Gasteiger partial charge in [0, 0.05) is 0 Å². The summed E-state index contributed by atoms with van der Waals surface area (Å²) in [7, 11) is -1.56. The van der Waals surface area contributed by atoms with Gasteiger partial charge in [-0.25, -0.2) is 0 Å². The molecule has 0 N–H and O–H groups in total. The Morgan fingerprint density at radius 1 is 0.708 bits per heavy atom. The fraction of sp³-hybridized carbons (Fsp3) is 0.364.